The minimum atomic E-state index is -0.980. The monoisotopic (exact) mass is 261 g/mol. The molecule has 2 rings (SSSR count). The van der Waals surface area contributed by atoms with Crippen LogP contribution in [-0.2, 0) is 5.41 Å². The molecule has 0 unspecified atom stereocenters. The molecule has 0 bridgehead atoms. The number of aromatic carboxylic acids is 1. The van der Waals surface area contributed by atoms with E-state index in [9.17, 15) is 4.79 Å². The first-order valence-corrected chi connectivity index (χ1v) is 6.55. The second-order valence-electron chi connectivity index (χ2n) is 5.16. The second-order valence-corrected chi connectivity index (χ2v) is 6.02. The molecule has 0 spiro atoms. The molecule has 18 heavy (non-hydrogen) atoms. The molecular weight excluding hydrogens is 246 g/mol. The highest BCUT2D eigenvalue weighted by Crippen LogP contribution is 2.30. The van der Waals surface area contributed by atoms with Crippen LogP contribution in [0.15, 0.2) is 29.8 Å². The van der Waals surface area contributed by atoms with Crippen molar-refractivity contribution in [3.05, 3.63) is 41.0 Å². The van der Waals surface area contributed by atoms with Gasteiger partial charge in [-0.3, -0.25) is 0 Å². The number of hydrogen-bond acceptors (Lipinski definition) is 3. The van der Waals surface area contributed by atoms with Crippen LogP contribution in [0.5, 0.6) is 0 Å². The third-order valence-corrected chi connectivity index (χ3v) is 3.66. The van der Waals surface area contributed by atoms with E-state index in [1.807, 2.05) is 24.3 Å². The first kappa shape index (κ1) is 12.8. The minimum absolute atomic E-state index is 0.0991. The van der Waals surface area contributed by atoms with Gasteiger partial charge in [0, 0.05) is 0 Å². The van der Waals surface area contributed by atoms with Crippen LogP contribution in [0.2, 0.25) is 0 Å². The number of carboxylic acid groups (broad SMARTS) is 1. The summed E-state index contributed by atoms with van der Waals surface area (Å²) in [4.78, 5) is 15.6. The zero-order chi connectivity index (χ0) is 13.3. The zero-order valence-electron chi connectivity index (χ0n) is 10.6. The Kier molecular flexibility index (Phi) is 3.22. The Morgan fingerprint density at radius 2 is 1.83 bits per heavy atom. The Bertz CT molecular complexity index is 564. The molecule has 0 saturated carbocycles. The molecule has 0 aliphatic rings. The summed E-state index contributed by atoms with van der Waals surface area (Å²) in [5.74, 6) is -0.980. The molecule has 2 aromatic rings. The Hall–Kier alpha value is -1.68. The van der Waals surface area contributed by atoms with E-state index in [1.54, 1.807) is 5.51 Å². The molecule has 0 atom stereocenters. The largest absolute Gasteiger partial charge is 0.476 e. The number of carbonyl (C=O) groups is 1. The van der Waals surface area contributed by atoms with Crippen LogP contribution in [0, 0.1) is 0 Å². The first-order chi connectivity index (χ1) is 8.39. The second kappa shape index (κ2) is 4.53. The van der Waals surface area contributed by atoms with Crippen molar-refractivity contribution in [3.8, 4) is 10.4 Å². The minimum Gasteiger partial charge on any atom is -0.476 e. The van der Waals surface area contributed by atoms with Crippen molar-refractivity contribution in [2.45, 2.75) is 26.2 Å². The fraction of sp³-hybridized carbons (Fsp3) is 0.286. The molecule has 1 heterocycles. The predicted molar refractivity (Wildman–Crippen MR) is 73.2 cm³/mol. The summed E-state index contributed by atoms with van der Waals surface area (Å²) in [5, 5.41) is 9.04. The van der Waals surface area contributed by atoms with Crippen LogP contribution in [0.25, 0.3) is 10.4 Å². The highest BCUT2D eigenvalue weighted by molar-refractivity contribution is 7.13. The first-order valence-electron chi connectivity index (χ1n) is 5.67. The molecule has 4 heteroatoms. The standard InChI is InChI=1S/C14H15NO2S/c1-14(2,3)10-6-4-9(5-7-10)12-11(13(16)17)15-8-18-12/h4-8H,1-3H3,(H,16,17). The van der Waals surface area contributed by atoms with Gasteiger partial charge in [-0.05, 0) is 16.5 Å². The number of benzene rings is 1. The molecule has 1 aromatic heterocycles. The van der Waals surface area contributed by atoms with E-state index in [0.29, 0.717) is 4.88 Å². The summed E-state index contributed by atoms with van der Waals surface area (Å²) in [7, 11) is 0. The summed E-state index contributed by atoms with van der Waals surface area (Å²) >= 11 is 1.35. The van der Waals surface area contributed by atoms with E-state index in [2.05, 4.69) is 25.8 Å². The SMILES string of the molecule is CC(C)(C)c1ccc(-c2scnc2C(=O)O)cc1. The number of aromatic nitrogens is 1. The average molecular weight is 261 g/mol. The number of thiazole rings is 1. The van der Waals surface area contributed by atoms with Gasteiger partial charge < -0.3 is 5.11 Å². The fourth-order valence-electron chi connectivity index (χ4n) is 1.72. The molecule has 1 aromatic carbocycles. The summed E-state index contributed by atoms with van der Waals surface area (Å²) < 4.78 is 0. The van der Waals surface area contributed by atoms with Crippen molar-refractivity contribution in [2.75, 3.05) is 0 Å². The molecule has 0 fully saturated rings. The molecule has 94 valence electrons. The predicted octanol–water partition coefficient (Wildman–Crippen LogP) is 3.81. The number of carboxylic acids is 1. The maximum Gasteiger partial charge on any atom is 0.356 e. The van der Waals surface area contributed by atoms with Gasteiger partial charge in [0.1, 0.15) is 0 Å². The van der Waals surface area contributed by atoms with Gasteiger partial charge in [-0.1, -0.05) is 45.0 Å². The van der Waals surface area contributed by atoms with Gasteiger partial charge in [-0.25, -0.2) is 9.78 Å². The third kappa shape index (κ3) is 2.43. The van der Waals surface area contributed by atoms with Crippen LogP contribution >= 0.6 is 11.3 Å². The number of nitrogens with zero attached hydrogens (tertiary/aromatic N) is 1. The van der Waals surface area contributed by atoms with E-state index >= 15 is 0 Å². The van der Waals surface area contributed by atoms with Crippen LogP contribution in [0.4, 0.5) is 0 Å². The lowest BCUT2D eigenvalue weighted by Crippen LogP contribution is -2.10. The summed E-state index contributed by atoms with van der Waals surface area (Å²) in [6, 6.07) is 8.00. The van der Waals surface area contributed by atoms with Gasteiger partial charge in [0.2, 0.25) is 0 Å². The van der Waals surface area contributed by atoms with Crippen molar-refractivity contribution in [1.82, 2.24) is 4.98 Å². The smallest absolute Gasteiger partial charge is 0.356 e. The molecule has 1 N–H and O–H groups in total. The van der Waals surface area contributed by atoms with Gasteiger partial charge in [-0.2, -0.15) is 0 Å². The normalized spacial score (nSPS) is 11.5. The zero-order valence-corrected chi connectivity index (χ0v) is 11.4. The molecular formula is C14H15NO2S. The van der Waals surface area contributed by atoms with Gasteiger partial charge >= 0.3 is 5.97 Å². The van der Waals surface area contributed by atoms with Crippen LogP contribution in [-0.4, -0.2) is 16.1 Å². The van der Waals surface area contributed by atoms with Gasteiger partial charge in [0.05, 0.1) is 10.4 Å². The lowest BCUT2D eigenvalue weighted by atomic mass is 9.86. The lowest BCUT2D eigenvalue weighted by molar-refractivity contribution is 0.0692. The van der Waals surface area contributed by atoms with E-state index < -0.39 is 5.97 Å². The highest BCUT2D eigenvalue weighted by atomic mass is 32.1. The van der Waals surface area contributed by atoms with E-state index in [4.69, 9.17) is 5.11 Å². The Morgan fingerprint density at radius 3 is 2.33 bits per heavy atom. The van der Waals surface area contributed by atoms with Crippen LogP contribution < -0.4 is 0 Å². The van der Waals surface area contributed by atoms with Crippen molar-refractivity contribution in [3.63, 3.8) is 0 Å². The molecule has 3 nitrogen and oxygen atoms in total. The van der Waals surface area contributed by atoms with E-state index in [0.717, 1.165) is 5.56 Å². The van der Waals surface area contributed by atoms with Crippen molar-refractivity contribution in [2.24, 2.45) is 0 Å². The molecule has 0 saturated heterocycles. The summed E-state index contributed by atoms with van der Waals surface area (Å²) in [6.45, 7) is 6.45. The highest BCUT2D eigenvalue weighted by Gasteiger charge is 2.17. The third-order valence-electron chi connectivity index (χ3n) is 2.78. The van der Waals surface area contributed by atoms with Crippen LogP contribution in [0.3, 0.4) is 0 Å². The van der Waals surface area contributed by atoms with Gasteiger partial charge in [-0.15, -0.1) is 11.3 Å². The topological polar surface area (TPSA) is 50.2 Å². The van der Waals surface area contributed by atoms with Crippen molar-refractivity contribution < 1.29 is 9.90 Å². The maximum absolute atomic E-state index is 11.0. The summed E-state index contributed by atoms with van der Waals surface area (Å²) in [5.41, 5.74) is 3.93. The molecule has 0 aliphatic heterocycles. The van der Waals surface area contributed by atoms with E-state index in [1.165, 1.54) is 16.9 Å². The van der Waals surface area contributed by atoms with E-state index in [-0.39, 0.29) is 11.1 Å². The molecule has 0 aliphatic carbocycles. The summed E-state index contributed by atoms with van der Waals surface area (Å²) in [6.07, 6.45) is 0. The fourth-order valence-corrected chi connectivity index (χ4v) is 2.51. The molecule has 0 radical (unpaired) electrons. The Morgan fingerprint density at radius 1 is 1.22 bits per heavy atom. The van der Waals surface area contributed by atoms with Crippen molar-refractivity contribution in [1.29, 1.82) is 0 Å². The maximum atomic E-state index is 11.0. The van der Waals surface area contributed by atoms with Gasteiger partial charge in [0.25, 0.3) is 0 Å². The molecule has 0 amide bonds. The Labute approximate surface area is 110 Å². The Balaban J connectivity index is 2.41. The average Bonchev–Trinajstić information content (AvgIpc) is 2.77. The number of rotatable bonds is 2. The quantitative estimate of drug-likeness (QED) is 0.894. The van der Waals surface area contributed by atoms with Gasteiger partial charge in [0.15, 0.2) is 5.69 Å². The van der Waals surface area contributed by atoms with Crippen molar-refractivity contribution >= 4 is 17.3 Å². The van der Waals surface area contributed by atoms with Crippen LogP contribution in [0.1, 0.15) is 36.8 Å². The number of hydrogen-bond donors (Lipinski definition) is 1. The lowest BCUT2D eigenvalue weighted by Gasteiger charge is -2.19.